The summed E-state index contributed by atoms with van der Waals surface area (Å²) in [7, 11) is -3.48. The molecule has 0 saturated carbocycles. The van der Waals surface area contributed by atoms with Crippen LogP contribution in [0, 0.1) is 12.7 Å². The van der Waals surface area contributed by atoms with Gasteiger partial charge in [-0.15, -0.1) is 0 Å². The van der Waals surface area contributed by atoms with Crippen LogP contribution >= 0.6 is 11.6 Å². The Morgan fingerprint density at radius 2 is 2.22 bits per heavy atom. The zero-order valence-corrected chi connectivity index (χ0v) is 11.4. The SMILES string of the molecule is Cc1ccc(Cl)c(CN2CCOCS2(=O)=O)c1F. The lowest BCUT2D eigenvalue weighted by Gasteiger charge is -2.26. The molecule has 1 fully saturated rings. The highest BCUT2D eigenvalue weighted by atomic mass is 35.5. The van der Waals surface area contributed by atoms with Crippen molar-refractivity contribution >= 4 is 21.6 Å². The molecule has 1 heterocycles. The van der Waals surface area contributed by atoms with Crippen LogP contribution in [0.1, 0.15) is 11.1 Å². The molecular weight excluding hydrogens is 281 g/mol. The first-order chi connectivity index (χ1) is 8.42. The second-order valence-electron chi connectivity index (χ2n) is 4.13. The minimum atomic E-state index is -3.48. The molecule has 1 saturated heterocycles. The van der Waals surface area contributed by atoms with Crippen LogP contribution < -0.4 is 0 Å². The summed E-state index contributed by atoms with van der Waals surface area (Å²) in [6, 6.07) is 3.14. The van der Waals surface area contributed by atoms with E-state index in [-0.39, 0.29) is 29.6 Å². The van der Waals surface area contributed by atoms with Crippen molar-refractivity contribution in [3.63, 3.8) is 0 Å². The number of aryl methyl sites for hydroxylation is 1. The molecule has 0 radical (unpaired) electrons. The first-order valence-corrected chi connectivity index (χ1v) is 7.39. The predicted octanol–water partition coefficient (Wildman–Crippen LogP) is 1.91. The highest BCUT2D eigenvalue weighted by Gasteiger charge is 2.28. The summed E-state index contributed by atoms with van der Waals surface area (Å²) in [5.74, 6) is -0.817. The van der Waals surface area contributed by atoms with Crippen LogP contribution in [0.3, 0.4) is 0 Å². The van der Waals surface area contributed by atoms with E-state index in [1.165, 1.54) is 4.31 Å². The molecule has 0 aliphatic carbocycles. The Morgan fingerprint density at radius 1 is 1.50 bits per heavy atom. The molecule has 0 amide bonds. The lowest BCUT2D eigenvalue weighted by Crippen LogP contribution is -2.40. The summed E-state index contributed by atoms with van der Waals surface area (Å²) in [6.45, 7) is 2.08. The molecule has 7 heteroatoms. The van der Waals surface area contributed by atoms with Crippen LogP contribution in [-0.2, 0) is 21.3 Å². The van der Waals surface area contributed by atoms with Gasteiger partial charge in [-0.05, 0) is 18.6 Å². The maximum atomic E-state index is 13.9. The number of hydrogen-bond donors (Lipinski definition) is 0. The number of rotatable bonds is 2. The molecule has 1 aromatic rings. The number of halogens is 2. The maximum absolute atomic E-state index is 13.9. The van der Waals surface area contributed by atoms with Crippen LogP contribution in [-0.4, -0.2) is 31.8 Å². The Labute approximate surface area is 110 Å². The van der Waals surface area contributed by atoms with Crippen LogP contribution in [0.15, 0.2) is 12.1 Å². The third kappa shape index (κ3) is 2.66. The van der Waals surface area contributed by atoms with Gasteiger partial charge in [0.15, 0.2) is 5.94 Å². The van der Waals surface area contributed by atoms with E-state index in [4.69, 9.17) is 16.3 Å². The Morgan fingerprint density at radius 3 is 2.89 bits per heavy atom. The van der Waals surface area contributed by atoms with Gasteiger partial charge in [-0.25, -0.2) is 12.8 Å². The molecule has 1 aliphatic rings. The van der Waals surface area contributed by atoms with Crippen molar-refractivity contribution in [2.75, 3.05) is 19.1 Å². The second kappa shape index (κ2) is 5.13. The molecule has 0 aromatic heterocycles. The number of benzene rings is 1. The largest absolute Gasteiger partial charge is 0.363 e. The minimum absolute atomic E-state index is 0.0575. The summed E-state index contributed by atoms with van der Waals surface area (Å²) in [5, 5.41) is 0.236. The van der Waals surface area contributed by atoms with Gasteiger partial charge in [-0.3, -0.25) is 0 Å². The summed E-state index contributed by atoms with van der Waals surface area (Å²) in [4.78, 5) is 0. The second-order valence-corrected chi connectivity index (χ2v) is 6.45. The Balaban J connectivity index is 2.32. The average Bonchev–Trinajstić information content (AvgIpc) is 2.31. The van der Waals surface area contributed by atoms with E-state index >= 15 is 0 Å². The van der Waals surface area contributed by atoms with E-state index in [0.29, 0.717) is 12.2 Å². The molecule has 18 heavy (non-hydrogen) atoms. The highest BCUT2D eigenvalue weighted by Crippen LogP contribution is 2.25. The average molecular weight is 294 g/mol. The normalized spacial score (nSPS) is 19.9. The molecule has 4 nitrogen and oxygen atoms in total. The molecule has 0 unspecified atom stereocenters. The van der Waals surface area contributed by atoms with Crippen molar-refractivity contribution in [3.05, 3.63) is 34.1 Å². The highest BCUT2D eigenvalue weighted by molar-refractivity contribution is 7.88. The van der Waals surface area contributed by atoms with Gasteiger partial charge in [-0.2, -0.15) is 4.31 Å². The summed E-state index contributed by atoms with van der Waals surface area (Å²) < 4.78 is 43.5. The van der Waals surface area contributed by atoms with Crippen LogP contribution in [0.5, 0.6) is 0 Å². The molecule has 0 spiro atoms. The number of sulfonamides is 1. The first-order valence-electron chi connectivity index (χ1n) is 5.41. The van der Waals surface area contributed by atoms with Gasteiger partial charge < -0.3 is 4.74 Å². The molecular formula is C11H13ClFNO3S. The van der Waals surface area contributed by atoms with E-state index in [0.717, 1.165) is 0 Å². The van der Waals surface area contributed by atoms with Gasteiger partial charge in [0.1, 0.15) is 5.82 Å². The zero-order chi connectivity index (χ0) is 13.3. The Hall–Kier alpha value is -0.690. The smallest absolute Gasteiger partial charge is 0.238 e. The fraction of sp³-hybridized carbons (Fsp3) is 0.455. The monoisotopic (exact) mass is 293 g/mol. The van der Waals surface area contributed by atoms with Gasteiger partial charge in [0, 0.05) is 23.7 Å². The molecule has 100 valence electrons. The van der Waals surface area contributed by atoms with Gasteiger partial charge in [-0.1, -0.05) is 17.7 Å². The van der Waals surface area contributed by atoms with E-state index < -0.39 is 15.8 Å². The molecule has 0 N–H and O–H groups in total. The number of nitrogens with zero attached hydrogens (tertiary/aromatic N) is 1. The molecule has 1 aliphatic heterocycles. The van der Waals surface area contributed by atoms with Crippen LogP contribution in [0.25, 0.3) is 0 Å². The maximum Gasteiger partial charge on any atom is 0.238 e. The van der Waals surface area contributed by atoms with Crippen molar-refractivity contribution < 1.29 is 17.5 Å². The third-order valence-corrected chi connectivity index (χ3v) is 4.74. The van der Waals surface area contributed by atoms with Crippen LogP contribution in [0.2, 0.25) is 5.02 Å². The van der Waals surface area contributed by atoms with Crippen molar-refractivity contribution in [1.82, 2.24) is 4.31 Å². The third-order valence-electron chi connectivity index (χ3n) is 2.82. The molecule has 0 atom stereocenters. The van der Waals surface area contributed by atoms with Gasteiger partial charge >= 0.3 is 0 Å². The first kappa shape index (κ1) is 13.7. The molecule has 2 rings (SSSR count). The number of hydrogen-bond acceptors (Lipinski definition) is 3. The van der Waals surface area contributed by atoms with Gasteiger partial charge in [0.25, 0.3) is 0 Å². The zero-order valence-electron chi connectivity index (χ0n) is 9.82. The summed E-state index contributed by atoms with van der Waals surface area (Å²) in [5.41, 5.74) is 0.655. The summed E-state index contributed by atoms with van der Waals surface area (Å²) in [6.07, 6.45) is 0. The standard InChI is InChI=1S/C11H13ClFNO3S/c1-8-2-3-10(12)9(11(8)13)6-14-4-5-17-7-18(14,15)16/h2-3H,4-7H2,1H3. The van der Waals surface area contributed by atoms with E-state index in [1.807, 2.05) is 0 Å². The van der Waals surface area contributed by atoms with E-state index in [2.05, 4.69) is 0 Å². The topological polar surface area (TPSA) is 46.6 Å². The lowest BCUT2D eigenvalue weighted by atomic mass is 10.1. The summed E-state index contributed by atoms with van der Waals surface area (Å²) >= 11 is 5.92. The number of ether oxygens (including phenoxy) is 1. The molecule has 1 aromatic carbocycles. The fourth-order valence-corrected chi connectivity index (χ4v) is 3.12. The lowest BCUT2D eigenvalue weighted by molar-refractivity contribution is 0.130. The molecule has 0 bridgehead atoms. The van der Waals surface area contributed by atoms with Crippen LogP contribution in [0.4, 0.5) is 4.39 Å². The van der Waals surface area contributed by atoms with E-state index in [1.54, 1.807) is 19.1 Å². The minimum Gasteiger partial charge on any atom is -0.363 e. The fourth-order valence-electron chi connectivity index (χ4n) is 1.76. The van der Waals surface area contributed by atoms with Gasteiger partial charge in [0.05, 0.1) is 6.61 Å². The van der Waals surface area contributed by atoms with E-state index in [9.17, 15) is 12.8 Å². The van der Waals surface area contributed by atoms with Crippen molar-refractivity contribution in [1.29, 1.82) is 0 Å². The quantitative estimate of drug-likeness (QED) is 0.837. The van der Waals surface area contributed by atoms with Crippen molar-refractivity contribution in [2.24, 2.45) is 0 Å². The Bertz CT molecular complexity index is 562. The van der Waals surface area contributed by atoms with Crippen molar-refractivity contribution in [3.8, 4) is 0 Å². The van der Waals surface area contributed by atoms with Gasteiger partial charge in [0.2, 0.25) is 10.0 Å². The predicted molar refractivity (Wildman–Crippen MR) is 66.3 cm³/mol. The van der Waals surface area contributed by atoms with Crippen molar-refractivity contribution in [2.45, 2.75) is 13.5 Å². The Kier molecular flexibility index (Phi) is 3.91.